The largest absolute Gasteiger partial charge is 0.476 e. The number of likely N-dealkylation sites (N-methyl/N-ethyl adjacent to an activating group) is 1. The molecule has 0 radical (unpaired) electrons. The summed E-state index contributed by atoms with van der Waals surface area (Å²) in [5, 5.41) is 3.17. The third kappa shape index (κ3) is 3.97. The molecule has 0 saturated carbocycles. The number of aromatic nitrogens is 1. The molecule has 1 N–H and O–H groups in total. The molecule has 5 heteroatoms. The van der Waals surface area contributed by atoms with Gasteiger partial charge in [0.2, 0.25) is 11.8 Å². The summed E-state index contributed by atoms with van der Waals surface area (Å²) in [5.41, 5.74) is 0.384. The molecular formula is C17H27N3O2. The van der Waals surface area contributed by atoms with Gasteiger partial charge in [0.1, 0.15) is 6.61 Å². The lowest BCUT2D eigenvalue weighted by Gasteiger charge is -2.27. The van der Waals surface area contributed by atoms with Crippen molar-refractivity contribution in [3.8, 4) is 5.88 Å². The molecule has 1 fully saturated rings. The molecule has 1 aliphatic rings. The Morgan fingerprint density at radius 3 is 2.82 bits per heavy atom. The average Bonchev–Trinajstić information content (AvgIpc) is 2.76. The van der Waals surface area contributed by atoms with E-state index in [0.717, 1.165) is 18.7 Å². The Morgan fingerprint density at radius 2 is 2.23 bits per heavy atom. The predicted octanol–water partition coefficient (Wildman–Crippen LogP) is 1.86. The van der Waals surface area contributed by atoms with Crippen LogP contribution in [0.4, 0.5) is 0 Å². The molecule has 1 aromatic rings. The van der Waals surface area contributed by atoms with Gasteiger partial charge in [-0.15, -0.1) is 0 Å². The molecule has 1 aliphatic heterocycles. The molecule has 1 saturated heterocycles. The zero-order chi connectivity index (χ0) is 16.3. The highest BCUT2D eigenvalue weighted by Crippen LogP contribution is 2.22. The summed E-state index contributed by atoms with van der Waals surface area (Å²) in [4.78, 5) is 19.0. The second-order valence-electron chi connectivity index (χ2n) is 7.08. The number of carbonyl (C=O) groups is 1. The number of carbonyl (C=O) groups excluding carboxylic acids is 1. The van der Waals surface area contributed by atoms with Crippen molar-refractivity contribution in [3.05, 3.63) is 23.9 Å². The molecule has 2 rings (SSSR count). The zero-order valence-electron chi connectivity index (χ0n) is 14.2. The van der Waals surface area contributed by atoms with Crippen molar-refractivity contribution in [1.29, 1.82) is 0 Å². The third-order valence-electron chi connectivity index (χ3n) is 4.26. The number of likely N-dealkylation sites (tertiary alicyclic amines) is 1. The molecule has 5 nitrogen and oxygen atoms in total. The van der Waals surface area contributed by atoms with Crippen LogP contribution >= 0.6 is 0 Å². The maximum atomic E-state index is 12.5. The fourth-order valence-electron chi connectivity index (χ4n) is 2.70. The van der Waals surface area contributed by atoms with Crippen LogP contribution in [0.15, 0.2) is 18.3 Å². The molecule has 0 spiro atoms. The van der Waals surface area contributed by atoms with Crippen molar-refractivity contribution in [2.75, 3.05) is 26.7 Å². The first-order chi connectivity index (χ1) is 10.3. The van der Waals surface area contributed by atoms with Crippen LogP contribution in [0, 0.1) is 18.3 Å². The number of hydrogen-bond acceptors (Lipinski definition) is 4. The highest BCUT2D eigenvalue weighted by Gasteiger charge is 2.34. The first-order valence-electron chi connectivity index (χ1n) is 7.83. The van der Waals surface area contributed by atoms with E-state index in [2.05, 4.69) is 29.2 Å². The number of aryl methyl sites for hydroxylation is 1. The summed E-state index contributed by atoms with van der Waals surface area (Å²) in [6, 6.07) is 4.04. The molecule has 0 unspecified atom stereocenters. The van der Waals surface area contributed by atoms with E-state index in [-0.39, 0.29) is 11.9 Å². The average molecular weight is 305 g/mol. The van der Waals surface area contributed by atoms with Gasteiger partial charge in [0.25, 0.3) is 0 Å². The molecule has 2 heterocycles. The minimum Gasteiger partial charge on any atom is -0.476 e. The van der Waals surface area contributed by atoms with Crippen LogP contribution in [0.2, 0.25) is 0 Å². The second-order valence-corrected chi connectivity index (χ2v) is 7.08. The Hall–Kier alpha value is -1.62. The minimum absolute atomic E-state index is 0.0354. The van der Waals surface area contributed by atoms with E-state index in [1.165, 1.54) is 0 Å². The normalized spacial score (nSPS) is 22.6. The summed E-state index contributed by atoms with van der Waals surface area (Å²) in [5.74, 6) is 1.11. The number of ether oxygens (including phenoxy) is 1. The van der Waals surface area contributed by atoms with Crippen molar-refractivity contribution in [3.63, 3.8) is 0 Å². The molecule has 1 aromatic heterocycles. The van der Waals surface area contributed by atoms with E-state index >= 15 is 0 Å². The van der Waals surface area contributed by atoms with Gasteiger partial charge >= 0.3 is 0 Å². The number of rotatable bonds is 5. The van der Waals surface area contributed by atoms with Crippen molar-refractivity contribution < 1.29 is 9.53 Å². The van der Waals surface area contributed by atoms with Crippen LogP contribution in [0.25, 0.3) is 0 Å². The van der Waals surface area contributed by atoms with E-state index in [9.17, 15) is 4.79 Å². The van der Waals surface area contributed by atoms with Gasteiger partial charge in [-0.3, -0.25) is 4.79 Å². The monoisotopic (exact) mass is 305 g/mol. The van der Waals surface area contributed by atoms with Gasteiger partial charge in [-0.1, -0.05) is 13.0 Å². The van der Waals surface area contributed by atoms with Gasteiger partial charge in [0.05, 0.1) is 5.41 Å². The van der Waals surface area contributed by atoms with Crippen LogP contribution in [0.3, 0.4) is 0 Å². The summed E-state index contributed by atoms with van der Waals surface area (Å²) in [7, 11) is 2.08. The molecule has 0 aromatic carbocycles. The summed E-state index contributed by atoms with van der Waals surface area (Å²) >= 11 is 0. The maximum Gasteiger partial charge on any atom is 0.229 e. The number of hydrogen-bond donors (Lipinski definition) is 1. The van der Waals surface area contributed by atoms with Gasteiger partial charge < -0.3 is 15.0 Å². The van der Waals surface area contributed by atoms with E-state index in [0.29, 0.717) is 18.4 Å². The minimum atomic E-state index is -0.592. The van der Waals surface area contributed by atoms with Crippen LogP contribution in [-0.4, -0.2) is 48.6 Å². The van der Waals surface area contributed by atoms with Crippen LogP contribution < -0.4 is 10.1 Å². The molecule has 2 atom stereocenters. The summed E-state index contributed by atoms with van der Waals surface area (Å²) in [6.07, 6.45) is 1.70. The number of nitrogens with one attached hydrogen (secondary N) is 1. The molecule has 0 bridgehead atoms. The fraction of sp³-hybridized carbons (Fsp3) is 0.647. The maximum absolute atomic E-state index is 12.5. The first kappa shape index (κ1) is 16.7. The number of nitrogens with zero attached hydrogens (tertiary/aromatic N) is 2. The lowest BCUT2D eigenvalue weighted by atomic mass is 9.92. The number of amides is 1. The van der Waals surface area contributed by atoms with Crippen molar-refractivity contribution in [1.82, 2.24) is 15.2 Å². The van der Waals surface area contributed by atoms with E-state index in [1.54, 1.807) is 6.20 Å². The van der Waals surface area contributed by atoms with Crippen molar-refractivity contribution >= 4 is 5.91 Å². The Balaban J connectivity index is 1.92. The van der Waals surface area contributed by atoms with E-state index in [4.69, 9.17) is 4.74 Å². The molecule has 1 amide bonds. The van der Waals surface area contributed by atoms with Crippen LogP contribution in [0.5, 0.6) is 5.88 Å². The SMILES string of the molecule is Cc1cccnc1OCC(C)(C)C(=O)N[C@H]1CN(C)C[C@@H]1C. The highest BCUT2D eigenvalue weighted by molar-refractivity contribution is 5.82. The quantitative estimate of drug-likeness (QED) is 0.902. The standard InChI is InChI=1S/C17H27N3O2/c1-12-7-6-8-18-15(12)22-11-17(3,4)16(21)19-14-10-20(5)9-13(14)2/h6-8,13-14H,9-11H2,1-5H3,(H,19,21)/t13-,14-/m0/s1. The van der Waals surface area contributed by atoms with Crippen LogP contribution in [0.1, 0.15) is 26.3 Å². The Kier molecular flexibility index (Phi) is 5.06. The Morgan fingerprint density at radius 1 is 1.50 bits per heavy atom. The Bertz CT molecular complexity index is 530. The molecule has 0 aliphatic carbocycles. The third-order valence-corrected chi connectivity index (χ3v) is 4.26. The van der Waals surface area contributed by atoms with Gasteiger partial charge in [-0.05, 0) is 39.8 Å². The van der Waals surface area contributed by atoms with Gasteiger partial charge in [0, 0.05) is 30.9 Å². The van der Waals surface area contributed by atoms with Crippen molar-refractivity contribution in [2.45, 2.75) is 33.7 Å². The molecule has 22 heavy (non-hydrogen) atoms. The van der Waals surface area contributed by atoms with Crippen molar-refractivity contribution in [2.24, 2.45) is 11.3 Å². The summed E-state index contributed by atoms with van der Waals surface area (Å²) in [6.45, 7) is 10.2. The van der Waals surface area contributed by atoms with Gasteiger partial charge in [0.15, 0.2) is 0 Å². The lowest BCUT2D eigenvalue weighted by Crippen LogP contribution is -2.48. The predicted molar refractivity (Wildman–Crippen MR) is 86.8 cm³/mol. The van der Waals surface area contributed by atoms with Gasteiger partial charge in [-0.2, -0.15) is 0 Å². The van der Waals surface area contributed by atoms with Crippen LogP contribution in [-0.2, 0) is 4.79 Å². The van der Waals surface area contributed by atoms with Gasteiger partial charge in [-0.25, -0.2) is 4.98 Å². The molecule has 122 valence electrons. The highest BCUT2D eigenvalue weighted by atomic mass is 16.5. The topological polar surface area (TPSA) is 54.5 Å². The molecular weight excluding hydrogens is 278 g/mol. The fourth-order valence-corrected chi connectivity index (χ4v) is 2.70. The Labute approximate surface area is 133 Å². The number of pyridine rings is 1. The zero-order valence-corrected chi connectivity index (χ0v) is 14.2. The smallest absolute Gasteiger partial charge is 0.229 e. The van der Waals surface area contributed by atoms with E-state index in [1.807, 2.05) is 32.9 Å². The first-order valence-corrected chi connectivity index (χ1v) is 7.83. The second kappa shape index (κ2) is 6.65. The lowest BCUT2D eigenvalue weighted by molar-refractivity contribution is -0.131. The summed E-state index contributed by atoms with van der Waals surface area (Å²) < 4.78 is 5.75. The van der Waals surface area contributed by atoms with E-state index < -0.39 is 5.41 Å².